The van der Waals surface area contributed by atoms with Gasteiger partial charge in [-0.15, -0.1) is 0 Å². The summed E-state index contributed by atoms with van der Waals surface area (Å²) in [6.45, 7) is 16.1. The first kappa shape index (κ1) is 39.0. The van der Waals surface area contributed by atoms with Gasteiger partial charge in [0, 0.05) is 13.0 Å². The normalized spacial score (nSPS) is 12.4. The Hall–Kier alpha value is -2.22. The summed E-state index contributed by atoms with van der Waals surface area (Å²) in [5, 5.41) is 5.14. The van der Waals surface area contributed by atoms with Crippen LogP contribution in [0.3, 0.4) is 0 Å². The first-order chi connectivity index (χ1) is 21.9. The average molecular weight is 616 g/mol. The molecule has 2 heteroatoms. The van der Waals surface area contributed by atoms with Crippen molar-refractivity contribution in [2.24, 2.45) is 5.11 Å². The summed E-state index contributed by atoms with van der Waals surface area (Å²) in [6.07, 6.45) is 29.5. The van der Waals surface area contributed by atoms with Gasteiger partial charge in [0.2, 0.25) is 5.70 Å². The molecule has 0 unspecified atom stereocenters. The Kier molecular flexibility index (Phi) is 20.0. The molecule has 0 fully saturated rings. The Bertz CT molecular complexity index is 1170. The van der Waals surface area contributed by atoms with Crippen LogP contribution in [0.1, 0.15) is 183 Å². The van der Waals surface area contributed by atoms with Crippen molar-refractivity contribution < 1.29 is 4.70 Å². The van der Waals surface area contributed by atoms with Crippen LogP contribution in [-0.4, -0.2) is 11.7 Å². The molecule has 2 nitrogen and oxygen atoms in total. The van der Waals surface area contributed by atoms with Gasteiger partial charge >= 0.3 is 0 Å². The van der Waals surface area contributed by atoms with E-state index in [1.165, 1.54) is 151 Å². The third kappa shape index (κ3) is 14.4. The van der Waals surface area contributed by atoms with Gasteiger partial charge in [-0.1, -0.05) is 128 Å². The zero-order valence-electron chi connectivity index (χ0n) is 31.1. The summed E-state index contributed by atoms with van der Waals surface area (Å²) in [6, 6.07) is 9.68. The second kappa shape index (κ2) is 23.2. The lowest BCUT2D eigenvalue weighted by atomic mass is 9.89. The smallest absolute Gasteiger partial charge is 0.0909 e. The molecule has 252 valence electrons. The Morgan fingerprint density at radius 3 is 1.67 bits per heavy atom. The number of rotatable bonds is 24. The van der Waals surface area contributed by atoms with Crippen molar-refractivity contribution in [2.75, 3.05) is 7.05 Å². The largest absolute Gasteiger partial charge is 0.205 e. The Balaban J connectivity index is 2.34. The van der Waals surface area contributed by atoms with Crippen LogP contribution in [0.5, 0.6) is 0 Å². The van der Waals surface area contributed by atoms with Gasteiger partial charge in [-0.05, 0) is 121 Å². The number of benzene rings is 2. The molecule has 0 saturated heterocycles. The third-order valence-electron chi connectivity index (χ3n) is 9.70. The Labute approximate surface area is 280 Å². The Morgan fingerprint density at radius 2 is 1.07 bits per heavy atom. The molecule has 0 aliphatic rings. The van der Waals surface area contributed by atoms with Crippen LogP contribution >= 0.6 is 0 Å². The van der Waals surface area contributed by atoms with Gasteiger partial charge in [-0.2, -0.15) is 0 Å². The highest BCUT2D eigenvalue weighted by Gasteiger charge is 2.14. The molecule has 45 heavy (non-hydrogen) atoms. The van der Waals surface area contributed by atoms with Crippen molar-refractivity contribution in [3.63, 3.8) is 0 Å². The topological polar surface area (TPSA) is 15.4 Å². The predicted octanol–water partition coefficient (Wildman–Crippen LogP) is 13.8. The third-order valence-corrected chi connectivity index (χ3v) is 9.70. The molecule has 0 bridgehead atoms. The van der Waals surface area contributed by atoms with Crippen LogP contribution in [0.2, 0.25) is 0 Å². The molecule has 0 radical (unpaired) electrons. The second-order valence-corrected chi connectivity index (χ2v) is 13.7. The minimum Gasteiger partial charge on any atom is -0.0909 e. The molecule has 0 aromatic heterocycles. The van der Waals surface area contributed by atoms with E-state index in [4.69, 9.17) is 5.11 Å². The summed E-state index contributed by atoms with van der Waals surface area (Å²) in [5.74, 6) is 0. The molecular weight excluding hydrogens is 544 g/mol. The molecule has 0 N–H and O–H groups in total. The van der Waals surface area contributed by atoms with Gasteiger partial charge in [0.05, 0.1) is 0 Å². The SMILES string of the molecule is CCCCCCCCc1cc(N=[N+](C)C(C)=Cc2cc(CC)c(CCCCCC)c(CCCCCC)c2)cc(C)c1CCCC. The van der Waals surface area contributed by atoms with Gasteiger partial charge in [0.1, 0.15) is 5.69 Å². The highest BCUT2D eigenvalue weighted by molar-refractivity contribution is 5.56. The number of hydrogen-bond donors (Lipinski definition) is 0. The van der Waals surface area contributed by atoms with Gasteiger partial charge in [-0.25, -0.2) is 0 Å². The molecular formula is C43H71N2+. The van der Waals surface area contributed by atoms with Crippen molar-refractivity contribution in [2.45, 2.75) is 183 Å². The summed E-state index contributed by atoms with van der Waals surface area (Å²) in [7, 11) is 2.12. The zero-order chi connectivity index (χ0) is 32.9. The Morgan fingerprint density at radius 1 is 0.578 bits per heavy atom. The number of nitrogens with zero attached hydrogens (tertiary/aromatic N) is 2. The van der Waals surface area contributed by atoms with E-state index >= 15 is 0 Å². The van der Waals surface area contributed by atoms with Gasteiger partial charge in [0.25, 0.3) is 0 Å². The standard InChI is InChI=1S/C43H71N2/c1-9-14-18-21-22-24-27-40-34-41(30-35(6)42(40)28-17-12-4)44-45(8)36(7)31-37-32-38(13-5)43(29-25-20-16-11-3)39(33-37)26-23-19-15-10-2/h30-34H,9-29H2,1-8H3/q+1. The first-order valence-corrected chi connectivity index (χ1v) is 19.3. The highest BCUT2D eigenvalue weighted by Crippen LogP contribution is 2.28. The van der Waals surface area contributed by atoms with Gasteiger partial charge < -0.3 is 0 Å². The maximum atomic E-state index is 5.14. The molecule has 2 rings (SSSR count). The fraction of sp³-hybridized carbons (Fsp3) is 0.674. The van der Waals surface area contributed by atoms with Crippen LogP contribution in [0, 0.1) is 6.92 Å². The lowest BCUT2D eigenvalue weighted by Gasteiger charge is -2.16. The van der Waals surface area contributed by atoms with Crippen LogP contribution in [0.15, 0.2) is 35.1 Å². The molecule has 0 saturated carbocycles. The van der Waals surface area contributed by atoms with Crippen LogP contribution in [0.4, 0.5) is 5.69 Å². The molecule has 0 atom stereocenters. The fourth-order valence-electron chi connectivity index (χ4n) is 6.78. The number of hydrogen-bond acceptors (Lipinski definition) is 1. The van der Waals surface area contributed by atoms with Crippen molar-refractivity contribution in [3.8, 4) is 0 Å². The monoisotopic (exact) mass is 616 g/mol. The fourth-order valence-corrected chi connectivity index (χ4v) is 6.78. The second-order valence-electron chi connectivity index (χ2n) is 13.7. The summed E-state index contributed by atoms with van der Waals surface area (Å²) < 4.78 is 2.10. The zero-order valence-corrected chi connectivity index (χ0v) is 31.1. The number of unbranched alkanes of at least 4 members (excludes halogenated alkanes) is 12. The van der Waals surface area contributed by atoms with Crippen molar-refractivity contribution >= 4 is 11.8 Å². The van der Waals surface area contributed by atoms with Crippen LogP contribution < -0.4 is 0 Å². The van der Waals surface area contributed by atoms with Crippen molar-refractivity contribution in [1.82, 2.24) is 0 Å². The van der Waals surface area contributed by atoms with Gasteiger partial charge in [0.15, 0.2) is 7.05 Å². The van der Waals surface area contributed by atoms with Crippen molar-refractivity contribution in [3.05, 3.63) is 68.9 Å². The summed E-state index contributed by atoms with van der Waals surface area (Å²) in [4.78, 5) is 0. The lowest BCUT2D eigenvalue weighted by Crippen LogP contribution is -2.04. The van der Waals surface area contributed by atoms with E-state index in [2.05, 4.69) is 90.6 Å². The quantitative estimate of drug-likeness (QED) is 0.0634. The van der Waals surface area contributed by atoms with E-state index in [-0.39, 0.29) is 0 Å². The van der Waals surface area contributed by atoms with E-state index in [1.807, 2.05) is 0 Å². The van der Waals surface area contributed by atoms with E-state index in [0.29, 0.717) is 0 Å². The highest BCUT2D eigenvalue weighted by atomic mass is 15.2. The molecule has 0 heterocycles. The average Bonchev–Trinajstić information content (AvgIpc) is 3.03. The van der Waals surface area contributed by atoms with Gasteiger partial charge in [-0.3, -0.25) is 0 Å². The van der Waals surface area contributed by atoms with E-state index in [0.717, 1.165) is 12.1 Å². The number of azo groups is 2. The maximum absolute atomic E-state index is 5.14. The minimum absolute atomic E-state index is 1.09. The number of allylic oxidation sites excluding steroid dienone is 1. The van der Waals surface area contributed by atoms with E-state index in [9.17, 15) is 0 Å². The first-order valence-electron chi connectivity index (χ1n) is 19.3. The molecule has 0 amide bonds. The molecule has 0 spiro atoms. The molecule has 0 aliphatic heterocycles. The van der Waals surface area contributed by atoms with Crippen molar-refractivity contribution in [1.29, 1.82) is 0 Å². The predicted molar refractivity (Wildman–Crippen MR) is 200 cm³/mol. The summed E-state index contributed by atoms with van der Waals surface area (Å²) in [5.41, 5.74) is 12.9. The maximum Gasteiger partial charge on any atom is 0.205 e. The van der Waals surface area contributed by atoms with Crippen LogP contribution in [-0.2, 0) is 32.1 Å². The molecule has 2 aromatic carbocycles. The molecule has 2 aromatic rings. The van der Waals surface area contributed by atoms with E-state index in [1.54, 1.807) is 22.3 Å². The molecule has 0 aliphatic carbocycles. The summed E-state index contributed by atoms with van der Waals surface area (Å²) >= 11 is 0. The minimum atomic E-state index is 1.09. The van der Waals surface area contributed by atoms with E-state index < -0.39 is 0 Å². The van der Waals surface area contributed by atoms with Crippen LogP contribution in [0.25, 0.3) is 6.08 Å². The number of aryl methyl sites for hydroxylation is 4. The lowest BCUT2D eigenvalue weighted by molar-refractivity contribution is -0.510.